The average Bonchev–Trinajstić information content (AvgIpc) is 3.44. The van der Waals surface area contributed by atoms with Gasteiger partial charge in [-0.25, -0.2) is 4.98 Å². The number of nitrogens with zero attached hydrogens (tertiary/aromatic N) is 3. The molecule has 0 unspecified atom stereocenters. The molecule has 0 bridgehead atoms. The molecule has 0 aliphatic rings. The van der Waals surface area contributed by atoms with Crippen molar-refractivity contribution in [3.63, 3.8) is 0 Å². The zero-order valence-electron chi connectivity index (χ0n) is 21.2. The van der Waals surface area contributed by atoms with Crippen molar-refractivity contribution >= 4 is 23.6 Å². The van der Waals surface area contributed by atoms with Crippen LogP contribution in [0.2, 0.25) is 0 Å². The second kappa shape index (κ2) is 12.3. The molecule has 37 heavy (non-hydrogen) atoms. The van der Waals surface area contributed by atoms with Crippen LogP contribution in [0.15, 0.2) is 75.3 Å². The molecule has 1 amide bonds. The highest BCUT2D eigenvalue weighted by Crippen LogP contribution is 2.25. The Bertz CT molecular complexity index is 1440. The third-order valence-corrected chi connectivity index (χ3v) is 6.84. The lowest BCUT2D eigenvalue weighted by Gasteiger charge is -2.15. The molecule has 0 aliphatic carbocycles. The van der Waals surface area contributed by atoms with Crippen LogP contribution >= 0.6 is 11.3 Å². The SMILES string of the molecule is CCCCc1nc(C)n(-c2ccsc2)c(=O)c1Cc1ccc(-c2ccccc2/C(=N/OC)NC=O)cc1. The first kappa shape index (κ1) is 26.0. The Morgan fingerprint density at radius 1 is 1.16 bits per heavy atom. The molecular weight excluding hydrogens is 484 g/mol. The maximum absolute atomic E-state index is 13.7. The summed E-state index contributed by atoms with van der Waals surface area (Å²) in [5.41, 5.74) is 6.09. The Balaban J connectivity index is 1.71. The van der Waals surface area contributed by atoms with E-state index in [4.69, 9.17) is 9.82 Å². The highest BCUT2D eigenvalue weighted by atomic mass is 32.1. The minimum absolute atomic E-state index is 0.00761. The van der Waals surface area contributed by atoms with E-state index in [1.54, 1.807) is 15.9 Å². The lowest BCUT2D eigenvalue weighted by Crippen LogP contribution is -2.28. The predicted octanol–water partition coefficient (Wildman–Crippen LogP) is 5.26. The summed E-state index contributed by atoms with van der Waals surface area (Å²) in [6.07, 6.45) is 3.88. The topological polar surface area (TPSA) is 85.6 Å². The molecule has 0 aliphatic heterocycles. The summed E-state index contributed by atoms with van der Waals surface area (Å²) in [6, 6.07) is 17.7. The number of hydrogen-bond acceptors (Lipinski definition) is 6. The van der Waals surface area contributed by atoms with Gasteiger partial charge in [-0.2, -0.15) is 11.3 Å². The number of rotatable bonds is 10. The van der Waals surface area contributed by atoms with Gasteiger partial charge in [0.05, 0.1) is 11.4 Å². The molecule has 0 atom stereocenters. The van der Waals surface area contributed by atoms with Crippen molar-refractivity contribution in [2.24, 2.45) is 5.16 Å². The molecule has 0 radical (unpaired) electrons. The van der Waals surface area contributed by atoms with Gasteiger partial charge in [0.25, 0.3) is 5.56 Å². The quantitative estimate of drug-likeness (QED) is 0.135. The number of thiophene rings is 1. The van der Waals surface area contributed by atoms with Gasteiger partial charge in [-0.1, -0.05) is 67.0 Å². The molecule has 1 N–H and O–H groups in total. The van der Waals surface area contributed by atoms with E-state index in [0.29, 0.717) is 24.5 Å². The molecule has 2 heterocycles. The maximum atomic E-state index is 13.7. The molecule has 7 nitrogen and oxygen atoms in total. The van der Waals surface area contributed by atoms with Crippen LogP contribution in [0.1, 0.15) is 48.0 Å². The molecule has 0 saturated carbocycles. The van der Waals surface area contributed by atoms with Crippen LogP contribution in [0.4, 0.5) is 0 Å². The predicted molar refractivity (Wildman–Crippen MR) is 148 cm³/mol. The molecule has 2 aromatic heterocycles. The Morgan fingerprint density at radius 2 is 1.95 bits per heavy atom. The van der Waals surface area contributed by atoms with Crippen molar-refractivity contribution in [2.75, 3.05) is 7.11 Å². The Morgan fingerprint density at radius 3 is 2.62 bits per heavy atom. The molecular formula is C29H30N4O3S. The van der Waals surface area contributed by atoms with E-state index in [9.17, 15) is 9.59 Å². The first-order valence-electron chi connectivity index (χ1n) is 12.2. The van der Waals surface area contributed by atoms with Crippen LogP contribution < -0.4 is 10.9 Å². The van der Waals surface area contributed by atoms with Gasteiger partial charge in [-0.05, 0) is 47.9 Å². The van der Waals surface area contributed by atoms with Gasteiger partial charge in [-0.15, -0.1) is 0 Å². The number of hydrogen-bond donors (Lipinski definition) is 1. The zero-order chi connectivity index (χ0) is 26.2. The third-order valence-electron chi connectivity index (χ3n) is 6.17. The number of aryl methyl sites for hydroxylation is 2. The lowest BCUT2D eigenvalue weighted by molar-refractivity contribution is -0.108. The van der Waals surface area contributed by atoms with Gasteiger partial charge in [-0.3, -0.25) is 14.2 Å². The molecule has 0 spiro atoms. The summed E-state index contributed by atoms with van der Waals surface area (Å²) in [7, 11) is 1.44. The fraction of sp³-hybridized carbons (Fsp3) is 0.241. The Hall–Kier alpha value is -4.04. The largest absolute Gasteiger partial charge is 0.397 e. The van der Waals surface area contributed by atoms with Crippen LogP contribution in [0, 0.1) is 6.92 Å². The molecule has 190 valence electrons. The van der Waals surface area contributed by atoms with E-state index in [-0.39, 0.29) is 5.56 Å². The second-order valence-electron chi connectivity index (χ2n) is 8.61. The first-order chi connectivity index (χ1) is 18.1. The molecule has 4 aromatic rings. The van der Waals surface area contributed by atoms with Gasteiger partial charge in [0.15, 0.2) is 5.84 Å². The monoisotopic (exact) mass is 514 g/mol. The summed E-state index contributed by atoms with van der Waals surface area (Å²) >= 11 is 1.56. The van der Waals surface area contributed by atoms with Gasteiger partial charge in [0, 0.05) is 22.9 Å². The zero-order valence-corrected chi connectivity index (χ0v) is 22.0. The first-order valence-corrected chi connectivity index (χ1v) is 13.2. The number of benzene rings is 2. The van der Waals surface area contributed by atoms with Crippen molar-refractivity contribution in [2.45, 2.75) is 39.5 Å². The van der Waals surface area contributed by atoms with E-state index in [1.807, 2.05) is 72.3 Å². The highest BCUT2D eigenvalue weighted by Gasteiger charge is 2.17. The fourth-order valence-corrected chi connectivity index (χ4v) is 5.00. The number of carbonyl (C=O) groups is 1. The standard InChI is InChI=1S/C29H30N4O3S/c1-4-5-10-27-26(29(35)33(20(2)31-27)23-15-16-37-18-23)17-21-11-13-22(14-12-21)24-8-6-7-9-25(24)28(30-19-34)32-36-3/h6-9,11-16,18-19H,4-5,10,17H2,1-3H3,(H,30,32,34). The molecule has 4 rings (SSSR count). The summed E-state index contributed by atoms with van der Waals surface area (Å²) in [5.74, 6) is 1.04. The minimum Gasteiger partial charge on any atom is -0.397 e. The number of unbranched alkanes of at least 4 members (excludes halogenated alkanes) is 1. The van der Waals surface area contributed by atoms with Crippen molar-refractivity contribution in [3.05, 3.63) is 104 Å². The number of aromatic nitrogens is 2. The molecule has 0 saturated heterocycles. The van der Waals surface area contributed by atoms with Crippen LogP contribution in [-0.2, 0) is 22.5 Å². The normalized spacial score (nSPS) is 11.4. The van der Waals surface area contributed by atoms with E-state index >= 15 is 0 Å². The van der Waals surface area contributed by atoms with E-state index < -0.39 is 0 Å². The van der Waals surface area contributed by atoms with Gasteiger partial charge < -0.3 is 10.2 Å². The number of nitrogens with one attached hydrogen (secondary N) is 1. The highest BCUT2D eigenvalue weighted by molar-refractivity contribution is 7.08. The number of oxime groups is 1. The molecule has 8 heteroatoms. The van der Waals surface area contributed by atoms with Crippen LogP contribution in [-0.4, -0.2) is 28.9 Å². The van der Waals surface area contributed by atoms with Crippen LogP contribution in [0.3, 0.4) is 0 Å². The fourth-order valence-electron chi connectivity index (χ4n) is 4.38. The Kier molecular flexibility index (Phi) is 8.64. The third kappa shape index (κ3) is 5.86. The summed E-state index contributed by atoms with van der Waals surface area (Å²) in [5, 5.41) is 10.5. The molecule has 2 aromatic carbocycles. The van der Waals surface area contributed by atoms with Crippen molar-refractivity contribution in [1.82, 2.24) is 14.9 Å². The van der Waals surface area contributed by atoms with E-state index in [1.165, 1.54) is 7.11 Å². The van der Waals surface area contributed by atoms with Crippen LogP contribution in [0.25, 0.3) is 16.8 Å². The summed E-state index contributed by atoms with van der Waals surface area (Å²) < 4.78 is 1.71. The maximum Gasteiger partial charge on any atom is 0.261 e. The van der Waals surface area contributed by atoms with Gasteiger partial charge >= 0.3 is 0 Å². The average molecular weight is 515 g/mol. The van der Waals surface area contributed by atoms with Crippen LogP contribution in [0.5, 0.6) is 0 Å². The van der Waals surface area contributed by atoms with E-state index in [2.05, 4.69) is 17.4 Å². The van der Waals surface area contributed by atoms with Gasteiger partial charge in [0.2, 0.25) is 6.41 Å². The van der Waals surface area contributed by atoms with Crippen molar-refractivity contribution in [1.29, 1.82) is 0 Å². The molecule has 0 fully saturated rings. The smallest absolute Gasteiger partial charge is 0.261 e. The lowest BCUT2D eigenvalue weighted by atomic mass is 9.96. The number of amides is 1. The Labute approximate surface area is 220 Å². The van der Waals surface area contributed by atoms with E-state index in [0.717, 1.165) is 58.5 Å². The van der Waals surface area contributed by atoms with Crippen molar-refractivity contribution < 1.29 is 9.63 Å². The minimum atomic E-state index is -0.00761. The summed E-state index contributed by atoms with van der Waals surface area (Å²) in [6.45, 7) is 4.04. The van der Waals surface area contributed by atoms with Gasteiger partial charge in [0.1, 0.15) is 12.9 Å². The summed E-state index contributed by atoms with van der Waals surface area (Å²) in [4.78, 5) is 34.5. The second-order valence-corrected chi connectivity index (χ2v) is 9.39. The number of amidine groups is 1. The number of carbonyl (C=O) groups excluding carboxylic acids is 1. The van der Waals surface area contributed by atoms with Crippen molar-refractivity contribution in [3.8, 4) is 16.8 Å².